The number of Topliss-reactive ketones (excluding diaryl/α,β-unsaturated/α-hetero) is 1. The van der Waals surface area contributed by atoms with E-state index in [1.807, 2.05) is 52.0 Å². The van der Waals surface area contributed by atoms with Crippen LogP contribution >= 0.6 is 0 Å². The van der Waals surface area contributed by atoms with Crippen LogP contribution in [0.2, 0.25) is 0 Å². The number of benzene rings is 2. The van der Waals surface area contributed by atoms with Gasteiger partial charge in [-0.25, -0.2) is 4.79 Å². The number of amides is 2. The smallest absolute Gasteiger partial charge is 0.410 e. The molecule has 0 aliphatic rings. The Bertz CT molecular complexity index is 962. The number of nitrogens with one attached hydrogen (secondary N) is 1. The van der Waals surface area contributed by atoms with Crippen molar-refractivity contribution in [3.05, 3.63) is 59.7 Å². The average molecular weight is 439 g/mol. The Morgan fingerprint density at radius 3 is 2.19 bits per heavy atom. The van der Waals surface area contributed by atoms with Crippen LogP contribution in [-0.4, -0.2) is 35.3 Å². The second kappa shape index (κ2) is 10.4. The van der Waals surface area contributed by atoms with Crippen LogP contribution in [0.15, 0.2) is 48.5 Å². The molecule has 0 aliphatic heterocycles. The Morgan fingerprint density at radius 2 is 1.62 bits per heavy atom. The van der Waals surface area contributed by atoms with Gasteiger partial charge in [-0.05, 0) is 57.0 Å². The molecule has 1 N–H and O–H groups in total. The van der Waals surface area contributed by atoms with E-state index in [0.29, 0.717) is 11.4 Å². The van der Waals surface area contributed by atoms with Gasteiger partial charge < -0.3 is 15.0 Å². The van der Waals surface area contributed by atoms with Gasteiger partial charge in [0, 0.05) is 23.7 Å². The van der Waals surface area contributed by atoms with E-state index in [9.17, 15) is 14.4 Å². The molecular formula is C26H34N2O4. The van der Waals surface area contributed by atoms with Crippen molar-refractivity contribution >= 4 is 23.5 Å². The molecule has 2 rings (SSSR count). The normalized spacial score (nSPS) is 12.2. The van der Waals surface area contributed by atoms with Gasteiger partial charge in [0.05, 0.1) is 0 Å². The highest BCUT2D eigenvalue weighted by Crippen LogP contribution is 2.25. The third-order valence-corrected chi connectivity index (χ3v) is 5.21. The highest BCUT2D eigenvalue weighted by molar-refractivity contribution is 6.09. The van der Waals surface area contributed by atoms with E-state index in [1.165, 1.54) is 4.90 Å². The van der Waals surface area contributed by atoms with Gasteiger partial charge in [0.2, 0.25) is 5.91 Å². The number of para-hydroxylation sites is 1. The Kier molecular flexibility index (Phi) is 8.19. The van der Waals surface area contributed by atoms with E-state index >= 15 is 0 Å². The molecule has 32 heavy (non-hydrogen) atoms. The highest BCUT2D eigenvalue weighted by atomic mass is 16.6. The molecule has 0 fully saturated rings. The molecule has 0 radical (unpaired) electrons. The van der Waals surface area contributed by atoms with E-state index in [2.05, 4.69) is 5.32 Å². The molecule has 0 saturated heterocycles. The molecule has 0 spiro atoms. The van der Waals surface area contributed by atoms with Crippen molar-refractivity contribution in [1.29, 1.82) is 0 Å². The Balaban J connectivity index is 2.31. The number of carbonyl (C=O) groups is 3. The van der Waals surface area contributed by atoms with Gasteiger partial charge in [0.1, 0.15) is 11.7 Å². The summed E-state index contributed by atoms with van der Waals surface area (Å²) in [5.41, 5.74) is 1.80. The Labute approximate surface area is 191 Å². The van der Waals surface area contributed by atoms with Gasteiger partial charge >= 0.3 is 6.09 Å². The number of hydrogen-bond donors (Lipinski definition) is 1. The summed E-state index contributed by atoms with van der Waals surface area (Å²) >= 11 is 0. The van der Waals surface area contributed by atoms with E-state index in [0.717, 1.165) is 11.1 Å². The van der Waals surface area contributed by atoms with Crippen molar-refractivity contribution in [2.24, 2.45) is 11.3 Å². The lowest BCUT2D eigenvalue weighted by Crippen LogP contribution is -2.49. The lowest BCUT2D eigenvalue weighted by molar-refractivity contribution is -0.137. The molecule has 0 aromatic heterocycles. The van der Waals surface area contributed by atoms with Crippen LogP contribution in [0.25, 0.3) is 0 Å². The molecule has 2 amide bonds. The van der Waals surface area contributed by atoms with Crippen LogP contribution in [0, 0.1) is 25.2 Å². The molecule has 0 saturated carbocycles. The number of ketones is 1. The zero-order valence-corrected chi connectivity index (χ0v) is 20.1. The van der Waals surface area contributed by atoms with Crippen LogP contribution in [0.1, 0.15) is 45.7 Å². The number of ether oxygens (including phenoxy) is 1. The molecular weight excluding hydrogens is 404 g/mol. The largest absolute Gasteiger partial charge is 0.415 e. The summed E-state index contributed by atoms with van der Waals surface area (Å²) < 4.78 is 5.48. The fourth-order valence-electron chi connectivity index (χ4n) is 3.24. The van der Waals surface area contributed by atoms with Crippen molar-refractivity contribution < 1.29 is 19.1 Å². The predicted molar refractivity (Wildman–Crippen MR) is 127 cm³/mol. The van der Waals surface area contributed by atoms with E-state index in [-0.39, 0.29) is 18.4 Å². The number of aryl methyl sites for hydroxylation is 2. The van der Waals surface area contributed by atoms with Crippen LogP contribution in [0.3, 0.4) is 0 Å². The summed E-state index contributed by atoms with van der Waals surface area (Å²) in [5.74, 6) is -1.31. The summed E-state index contributed by atoms with van der Waals surface area (Å²) in [7, 11) is 0. The minimum atomic E-state index is -1.04. The molecule has 1 unspecified atom stereocenters. The van der Waals surface area contributed by atoms with Gasteiger partial charge in [-0.1, -0.05) is 51.1 Å². The van der Waals surface area contributed by atoms with Crippen LogP contribution in [0.4, 0.5) is 10.5 Å². The second-order valence-electron chi connectivity index (χ2n) is 9.40. The number of hydrogen-bond acceptors (Lipinski definition) is 4. The number of nitrogens with zero attached hydrogens (tertiary/aromatic N) is 1. The van der Waals surface area contributed by atoms with Gasteiger partial charge in [-0.2, -0.15) is 0 Å². The second-order valence-corrected chi connectivity index (χ2v) is 9.40. The third kappa shape index (κ3) is 6.67. The zero-order valence-electron chi connectivity index (χ0n) is 20.1. The molecule has 0 bridgehead atoms. The van der Waals surface area contributed by atoms with Gasteiger partial charge in [0.15, 0.2) is 5.78 Å². The minimum absolute atomic E-state index is 0.0733. The maximum absolute atomic E-state index is 13.3. The van der Waals surface area contributed by atoms with Crippen LogP contribution in [0.5, 0.6) is 5.75 Å². The summed E-state index contributed by atoms with van der Waals surface area (Å²) in [6, 6.07) is 14.2. The van der Waals surface area contributed by atoms with Crippen molar-refractivity contribution in [3.8, 4) is 5.75 Å². The Hall–Kier alpha value is -3.15. The van der Waals surface area contributed by atoms with Crippen molar-refractivity contribution in [1.82, 2.24) is 4.90 Å². The van der Waals surface area contributed by atoms with Gasteiger partial charge in [-0.15, -0.1) is 0 Å². The first kappa shape index (κ1) is 25.1. The zero-order chi connectivity index (χ0) is 24.1. The van der Waals surface area contributed by atoms with Crippen LogP contribution in [-0.2, 0) is 9.59 Å². The molecule has 2 aromatic rings. The minimum Gasteiger partial charge on any atom is -0.410 e. The molecule has 1 atom stereocenters. The van der Waals surface area contributed by atoms with E-state index in [4.69, 9.17) is 4.74 Å². The summed E-state index contributed by atoms with van der Waals surface area (Å²) in [5, 5.41) is 2.90. The molecule has 0 aliphatic carbocycles. The van der Waals surface area contributed by atoms with Crippen molar-refractivity contribution in [2.75, 3.05) is 11.9 Å². The van der Waals surface area contributed by atoms with Crippen molar-refractivity contribution in [2.45, 2.75) is 54.5 Å². The highest BCUT2D eigenvalue weighted by Gasteiger charge is 2.38. The Morgan fingerprint density at radius 1 is 1.00 bits per heavy atom. The number of rotatable bonds is 7. The molecule has 6 nitrogen and oxygen atoms in total. The first-order valence-corrected chi connectivity index (χ1v) is 10.9. The fraction of sp³-hybridized carbons (Fsp3) is 0.423. The quantitative estimate of drug-likeness (QED) is 0.589. The van der Waals surface area contributed by atoms with E-state index in [1.54, 1.807) is 45.0 Å². The maximum Gasteiger partial charge on any atom is 0.415 e. The number of carbonyl (C=O) groups excluding carboxylic acids is 3. The monoisotopic (exact) mass is 438 g/mol. The molecule has 2 aromatic carbocycles. The lowest BCUT2D eigenvalue weighted by Gasteiger charge is -2.31. The molecule has 6 heteroatoms. The van der Waals surface area contributed by atoms with Crippen molar-refractivity contribution in [3.63, 3.8) is 0 Å². The molecule has 0 heterocycles. The van der Waals surface area contributed by atoms with Gasteiger partial charge in [-0.3, -0.25) is 9.59 Å². The SMILES string of the molecule is Cc1ccc(C)c(NC(=O)C(CN(C(=O)Oc2ccccc2)C(C)C)C(=O)C(C)(C)C)c1. The summed E-state index contributed by atoms with van der Waals surface area (Å²) in [4.78, 5) is 40.9. The first-order chi connectivity index (χ1) is 14.9. The lowest BCUT2D eigenvalue weighted by atomic mass is 9.82. The average Bonchev–Trinajstić information content (AvgIpc) is 2.70. The first-order valence-electron chi connectivity index (χ1n) is 10.9. The fourth-order valence-corrected chi connectivity index (χ4v) is 3.24. The number of anilines is 1. The third-order valence-electron chi connectivity index (χ3n) is 5.21. The van der Waals surface area contributed by atoms with E-state index < -0.39 is 23.3 Å². The summed E-state index contributed by atoms with van der Waals surface area (Å²) in [6.07, 6.45) is -0.600. The standard InChI is InChI=1S/C26H34N2O4/c1-17(2)28(25(31)32-20-11-9-8-10-12-20)16-21(23(29)26(5,6)7)24(30)27-22-15-18(3)13-14-19(22)4/h8-15,17,21H,16H2,1-7H3,(H,27,30). The van der Waals surface area contributed by atoms with Crippen LogP contribution < -0.4 is 10.1 Å². The topological polar surface area (TPSA) is 75.7 Å². The molecule has 172 valence electrons. The predicted octanol–water partition coefficient (Wildman–Crippen LogP) is 5.38. The van der Waals surface area contributed by atoms with Gasteiger partial charge in [0.25, 0.3) is 0 Å². The summed E-state index contributed by atoms with van der Waals surface area (Å²) in [6.45, 7) is 12.7. The maximum atomic E-state index is 13.3.